The minimum atomic E-state index is -1.02. The Morgan fingerprint density at radius 2 is 1.84 bits per heavy atom. The SMILES string of the molecule is COc1cc(OCC2CC2)c(C=CC(=O)c2ccc(C(=O)O)cc2)cc1-c1cccs1. The number of carbonyl (C=O) groups excluding carboxylic acids is 1. The highest BCUT2D eigenvalue weighted by Crippen LogP contribution is 2.39. The van der Waals surface area contributed by atoms with Crippen LogP contribution in [0.15, 0.2) is 60.0 Å². The third-order valence-corrected chi connectivity index (χ3v) is 6.02. The van der Waals surface area contributed by atoms with Crippen molar-refractivity contribution < 1.29 is 24.2 Å². The summed E-state index contributed by atoms with van der Waals surface area (Å²) in [5.74, 6) is 0.759. The van der Waals surface area contributed by atoms with E-state index in [4.69, 9.17) is 14.6 Å². The van der Waals surface area contributed by atoms with E-state index in [-0.39, 0.29) is 11.3 Å². The van der Waals surface area contributed by atoms with Gasteiger partial charge >= 0.3 is 5.97 Å². The molecule has 1 aliphatic carbocycles. The smallest absolute Gasteiger partial charge is 0.335 e. The minimum Gasteiger partial charge on any atom is -0.496 e. The molecule has 0 atom stereocenters. The predicted octanol–water partition coefficient (Wildman–Crippen LogP) is 5.81. The average Bonchev–Trinajstić information content (AvgIpc) is 3.46. The maximum atomic E-state index is 12.6. The van der Waals surface area contributed by atoms with Crippen molar-refractivity contribution in [1.29, 1.82) is 0 Å². The average molecular weight is 435 g/mol. The number of hydrogen-bond donors (Lipinski definition) is 1. The minimum absolute atomic E-state index is 0.145. The first-order valence-corrected chi connectivity index (χ1v) is 10.9. The van der Waals surface area contributed by atoms with E-state index in [1.54, 1.807) is 24.5 Å². The van der Waals surface area contributed by atoms with E-state index in [2.05, 4.69) is 0 Å². The lowest BCUT2D eigenvalue weighted by Crippen LogP contribution is -2.02. The van der Waals surface area contributed by atoms with Crippen molar-refractivity contribution in [2.75, 3.05) is 13.7 Å². The van der Waals surface area contributed by atoms with Gasteiger partial charge in [0, 0.05) is 27.6 Å². The molecule has 0 aliphatic heterocycles. The molecule has 1 aromatic heterocycles. The van der Waals surface area contributed by atoms with E-state index in [1.807, 2.05) is 29.6 Å². The largest absolute Gasteiger partial charge is 0.496 e. The second-order valence-electron chi connectivity index (χ2n) is 7.40. The summed E-state index contributed by atoms with van der Waals surface area (Å²) in [6.07, 6.45) is 5.59. The maximum Gasteiger partial charge on any atom is 0.335 e. The molecule has 3 aromatic rings. The van der Waals surface area contributed by atoms with Gasteiger partial charge in [0.25, 0.3) is 0 Å². The summed E-state index contributed by atoms with van der Waals surface area (Å²) in [5, 5.41) is 11.0. The predicted molar refractivity (Wildman–Crippen MR) is 121 cm³/mol. The Labute approximate surface area is 184 Å². The van der Waals surface area contributed by atoms with Gasteiger partial charge < -0.3 is 14.6 Å². The number of aromatic carboxylic acids is 1. The maximum absolute atomic E-state index is 12.6. The second-order valence-corrected chi connectivity index (χ2v) is 8.35. The molecule has 1 N–H and O–H groups in total. The number of benzene rings is 2. The molecule has 0 unspecified atom stereocenters. The molecule has 1 aliphatic rings. The Hall–Kier alpha value is -3.38. The number of carboxylic acids is 1. The van der Waals surface area contributed by atoms with Crippen molar-refractivity contribution in [3.63, 3.8) is 0 Å². The topological polar surface area (TPSA) is 72.8 Å². The van der Waals surface area contributed by atoms with E-state index in [9.17, 15) is 9.59 Å². The Morgan fingerprint density at radius 3 is 2.45 bits per heavy atom. The van der Waals surface area contributed by atoms with Gasteiger partial charge in [-0.15, -0.1) is 11.3 Å². The van der Waals surface area contributed by atoms with Crippen LogP contribution in [0.3, 0.4) is 0 Å². The van der Waals surface area contributed by atoms with Gasteiger partial charge in [0.2, 0.25) is 0 Å². The lowest BCUT2D eigenvalue weighted by atomic mass is 10.0. The lowest BCUT2D eigenvalue weighted by molar-refractivity contribution is 0.0696. The first-order chi connectivity index (χ1) is 15.0. The van der Waals surface area contributed by atoms with Crippen molar-refractivity contribution in [3.8, 4) is 21.9 Å². The number of methoxy groups -OCH3 is 1. The molecule has 0 saturated heterocycles. The number of carbonyl (C=O) groups is 2. The van der Waals surface area contributed by atoms with Crippen molar-refractivity contribution in [1.82, 2.24) is 0 Å². The van der Waals surface area contributed by atoms with E-state index < -0.39 is 5.97 Å². The van der Waals surface area contributed by atoms with Gasteiger partial charge in [0.1, 0.15) is 11.5 Å². The van der Waals surface area contributed by atoms with Gasteiger partial charge in [-0.2, -0.15) is 0 Å². The van der Waals surface area contributed by atoms with Gasteiger partial charge in [0.15, 0.2) is 5.78 Å². The number of ketones is 1. The fourth-order valence-corrected chi connectivity index (χ4v) is 3.90. The molecule has 0 spiro atoms. The van der Waals surface area contributed by atoms with Gasteiger partial charge in [-0.3, -0.25) is 4.79 Å². The van der Waals surface area contributed by atoms with Gasteiger partial charge in [0.05, 0.1) is 19.3 Å². The van der Waals surface area contributed by atoms with Gasteiger partial charge in [-0.1, -0.05) is 18.2 Å². The summed E-state index contributed by atoms with van der Waals surface area (Å²) in [6.45, 7) is 0.646. The molecule has 0 bridgehead atoms. The van der Waals surface area contributed by atoms with Crippen LogP contribution in [-0.2, 0) is 0 Å². The van der Waals surface area contributed by atoms with Crippen LogP contribution < -0.4 is 9.47 Å². The molecular weight excluding hydrogens is 412 g/mol. The molecule has 2 aromatic carbocycles. The molecule has 31 heavy (non-hydrogen) atoms. The number of hydrogen-bond acceptors (Lipinski definition) is 5. The van der Waals surface area contributed by atoms with E-state index in [1.165, 1.54) is 43.2 Å². The summed E-state index contributed by atoms with van der Waals surface area (Å²) in [4.78, 5) is 24.7. The molecule has 1 saturated carbocycles. The standard InChI is InChI=1S/C25H22O5S/c1-29-23-14-22(30-15-16-4-5-16)19(13-20(23)24-3-2-12-31-24)10-11-21(26)17-6-8-18(9-7-17)25(27)28/h2-3,6-14,16H,4-5,15H2,1H3,(H,27,28). The number of rotatable bonds is 9. The highest BCUT2D eigenvalue weighted by molar-refractivity contribution is 7.13. The molecule has 6 heteroatoms. The molecule has 1 heterocycles. The van der Waals surface area contributed by atoms with Crippen LogP contribution in [-0.4, -0.2) is 30.6 Å². The normalized spacial score (nSPS) is 13.3. The highest BCUT2D eigenvalue weighted by atomic mass is 32.1. The molecule has 0 amide bonds. The molecule has 1 fully saturated rings. The van der Waals surface area contributed by atoms with Crippen LogP contribution in [0.5, 0.6) is 11.5 Å². The van der Waals surface area contributed by atoms with Crippen LogP contribution in [0.2, 0.25) is 0 Å². The van der Waals surface area contributed by atoms with E-state index in [0.29, 0.717) is 23.8 Å². The zero-order valence-electron chi connectivity index (χ0n) is 17.0. The van der Waals surface area contributed by atoms with Crippen LogP contribution in [0.25, 0.3) is 16.5 Å². The molecule has 0 radical (unpaired) electrons. The van der Waals surface area contributed by atoms with Crippen LogP contribution in [0, 0.1) is 5.92 Å². The van der Waals surface area contributed by atoms with E-state index in [0.717, 1.165) is 21.8 Å². The molecule has 4 rings (SSSR count). The van der Waals surface area contributed by atoms with Gasteiger partial charge in [-0.25, -0.2) is 4.79 Å². The van der Waals surface area contributed by atoms with Crippen LogP contribution in [0.1, 0.15) is 39.1 Å². The zero-order valence-corrected chi connectivity index (χ0v) is 17.9. The molecule has 5 nitrogen and oxygen atoms in total. The van der Waals surface area contributed by atoms with E-state index >= 15 is 0 Å². The number of allylic oxidation sites excluding steroid dienone is 1. The van der Waals surface area contributed by atoms with Crippen molar-refractivity contribution in [3.05, 3.63) is 76.7 Å². The Morgan fingerprint density at radius 1 is 1.10 bits per heavy atom. The number of carboxylic acid groups (broad SMARTS) is 1. The summed E-state index contributed by atoms with van der Waals surface area (Å²) >= 11 is 1.61. The summed E-state index contributed by atoms with van der Waals surface area (Å²) in [5.41, 5.74) is 2.30. The Kier molecular flexibility index (Phi) is 6.18. The number of ether oxygens (including phenoxy) is 2. The van der Waals surface area contributed by atoms with Crippen LogP contribution >= 0.6 is 11.3 Å². The fourth-order valence-electron chi connectivity index (χ4n) is 3.16. The quantitative estimate of drug-likeness (QED) is 0.340. The fraction of sp³-hybridized carbons (Fsp3) is 0.200. The van der Waals surface area contributed by atoms with Crippen molar-refractivity contribution in [2.24, 2.45) is 5.92 Å². The molecule has 158 valence electrons. The summed E-state index contributed by atoms with van der Waals surface area (Å²) in [6, 6.07) is 13.8. The van der Waals surface area contributed by atoms with Crippen molar-refractivity contribution >= 4 is 29.2 Å². The second kappa shape index (κ2) is 9.18. The Balaban J connectivity index is 1.64. The highest BCUT2D eigenvalue weighted by Gasteiger charge is 2.23. The number of thiophene rings is 1. The third kappa shape index (κ3) is 5.03. The third-order valence-electron chi connectivity index (χ3n) is 5.12. The Bertz CT molecular complexity index is 1110. The lowest BCUT2D eigenvalue weighted by Gasteiger charge is -2.14. The summed E-state index contributed by atoms with van der Waals surface area (Å²) in [7, 11) is 1.64. The van der Waals surface area contributed by atoms with Gasteiger partial charge in [-0.05, 0) is 60.6 Å². The van der Waals surface area contributed by atoms with Crippen LogP contribution in [0.4, 0.5) is 0 Å². The zero-order chi connectivity index (χ0) is 21.8. The monoisotopic (exact) mass is 434 g/mol. The summed E-state index contributed by atoms with van der Waals surface area (Å²) < 4.78 is 11.7. The van der Waals surface area contributed by atoms with Crippen molar-refractivity contribution in [2.45, 2.75) is 12.8 Å². The first kappa shape index (κ1) is 20.9. The first-order valence-electron chi connectivity index (χ1n) is 9.99. The molecular formula is C25H22O5S.